The summed E-state index contributed by atoms with van der Waals surface area (Å²) in [6, 6.07) is 0. The third-order valence-electron chi connectivity index (χ3n) is 2.68. The molecular weight excluding hydrogens is 206 g/mol. The van der Waals surface area contributed by atoms with Gasteiger partial charge in [0.2, 0.25) is 0 Å². The van der Waals surface area contributed by atoms with Gasteiger partial charge in [-0.15, -0.1) is 11.6 Å². The summed E-state index contributed by atoms with van der Waals surface area (Å²) in [4.78, 5) is 11.1. The van der Waals surface area contributed by atoms with E-state index >= 15 is 0 Å². The van der Waals surface area contributed by atoms with Crippen molar-refractivity contribution in [2.45, 2.75) is 22.6 Å². The van der Waals surface area contributed by atoms with E-state index in [2.05, 4.69) is 0 Å². The summed E-state index contributed by atoms with van der Waals surface area (Å²) in [6.07, 6.45) is 1.40. The number of halogens is 3. The largest absolute Gasteiger partial charge is 0.299 e. The Kier molecular flexibility index (Phi) is 1.69. The lowest BCUT2D eigenvalue weighted by atomic mass is 9.74. The fourth-order valence-electron chi connectivity index (χ4n) is 1.99. The summed E-state index contributed by atoms with van der Waals surface area (Å²) in [5, 5.41) is -0.370. The monoisotopic (exact) mass is 212 g/mol. The predicted octanol–water partition coefficient (Wildman–Crippen LogP) is 2.38. The number of hydrogen-bond acceptors (Lipinski definition) is 1. The van der Waals surface area contributed by atoms with Gasteiger partial charge in [0.1, 0.15) is 10.1 Å². The molecule has 2 saturated carbocycles. The Morgan fingerprint density at radius 3 is 2.64 bits per heavy atom. The van der Waals surface area contributed by atoms with Gasteiger partial charge in [0.25, 0.3) is 0 Å². The third-order valence-corrected chi connectivity index (χ3v) is 4.55. The normalized spacial score (nSPS) is 46.8. The van der Waals surface area contributed by atoms with Gasteiger partial charge in [0.05, 0.1) is 5.38 Å². The first-order valence-electron chi connectivity index (χ1n) is 3.59. The highest BCUT2D eigenvalue weighted by Gasteiger charge is 2.64. The lowest BCUT2D eigenvalue weighted by Gasteiger charge is -2.47. The molecule has 0 bridgehead atoms. The van der Waals surface area contributed by atoms with Crippen LogP contribution in [0.15, 0.2) is 0 Å². The average molecular weight is 213 g/mol. The van der Waals surface area contributed by atoms with Crippen molar-refractivity contribution in [1.29, 1.82) is 0 Å². The highest BCUT2D eigenvalue weighted by molar-refractivity contribution is 6.54. The molecule has 0 radical (unpaired) electrons. The van der Waals surface area contributed by atoms with Crippen LogP contribution in [0.5, 0.6) is 0 Å². The Bertz CT molecular complexity index is 214. The minimum absolute atomic E-state index is 0.0633. The van der Waals surface area contributed by atoms with Gasteiger partial charge in [0, 0.05) is 18.3 Å². The molecule has 0 N–H and O–H groups in total. The average Bonchev–Trinajstić information content (AvgIpc) is 2.29. The Balaban J connectivity index is 2.23. The van der Waals surface area contributed by atoms with Crippen LogP contribution in [0.25, 0.3) is 0 Å². The zero-order chi connectivity index (χ0) is 8.22. The van der Waals surface area contributed by atoms with E-state index in [0.717, 1.165) is 6.42 Å². The van der Waals surface area contributed by atoms with Gasteiger partial charge >= 0.3 is 0 Å². The molecule has 0 heterocycles. The molecule has 0 spiro atoms. The molecule has 2 aliphatic rings. The van der Waals surface area contributed by atoms with Crippen molar-refractivity contribution >= 4 is 40.6 Å². The van der Waals surface area contributed by atoms with Crippen molar-refractivity contribution in [3.63, 3.8) is 0 Å². The van der Waals surface area contributed by atoms with E-state index in [-0.39, 0.29) is 23.0 Å². The summed E-state index contributed by atoms with van der Waals surface area (Å²) in [6.45, 7) is 0. The first-order chi connectivity index (χ1) is 5.05. The molecule has 3 atom stereocenters. The van der Waals surface area contributed by atoms with Gasteiger partial charge in [-0.05, 0) is 6.42 Å². The van der Waals surface area contributed by atoms with Crippen molar-refractivity contribution < 1.29 is 4.79 Å². The maximum Gasteiger partial charge on any atom is 0.138 e. The van der Waals surface area contributed by atoms with Crippen LogP contribution >= 0.6 is 34.8 Å². The standard InChI is InChI=1S/C7H7Cl3O/c8-6-5-3(7(6,9)10)1-2-4(5)11/h3,5-6H,1-2H2. The zero-order valence-corrected chi connectivity index (χ0v) is 7.96. The number of rotatable bonds is 0. The van der Waals surface area contributed by atoms with E-state index in [0.29, 0.717) is 6.42 Å². The molecule has 0 aromatic heterocycles. The second kappa shape index (κ2) is 2.27. The Morgan fingerprint density at radius 1 is 1.45 bits per heavy atom. The second-order valence-corrected chi connectivity index (χ2v) is 5.13. The molecule has 0 aromatic carbocycles. The number of carbonyl (C=O) groups excluding carboxylic acids is 1. The summed E-state index contributed by atoms with van der Waals surface area (Å²) < 4.78 is -0.849. The Labute approximate surface area is 80.0 Å². The highest BCUT2D eigenvalue weighted by Crippen LogP contribution is 2.60. The van der Waals surface area contributed by atoms with Crippen molar-refractivity contribution in [2.24, 2.45) is 11.8 Å². The maximum absolute atomic E-state index is 11.1. The zero-order valence-electron chi connectivity index (χ0n) is 5.69. The van der Waals surface area contributed by atoms with Crippen LogP contribution in [-0.2, 0) is 4.79 Å². The molecule has 2 rings (SSSR count). The molecular formula is C7H7Cl3O. The minimum Gasteiger partial charge on any atom is -0.299 e. The summed E-state index contributed by atoms with van der Waals surface area (Å²) in [5.74, 6) is 0.277. The molecule has 2 aliphatic carbocycles. The molecule has 0 amide bonds. The fourth-order valence-corrected chi connectivity index (χ4v) is 3.23. The molecule has 4 heteroatoms. The highest BCUT2D eigenvalue weighted by atomic mass is 35.5. The lowest BCUT2D eigenvalue weighted by Crippen LogP contribution is -2.56. The van der Waals surface area contributed by atoms with Crippen LogP contribution < -0.4 is 0 Å². The van der Waals surface area contributed by atoms with E-state index < -0.39 is 4.33 Å². The molecule has 11 heavy (non-hydrogen) atoms. The second-order valence-electron chi connectivity index (χ2n) is 3.21. The quantitative estimate of drug-likeness (QED) is 0.565. The van der Waals surface area contributed by atoms with Crippen LogP contribution in [0.4, 0.5) is 0 Å². The van der Waals surface area contributed by atoms with Crippen LogP contribution in [0.1, 0.15) is 12.8 Å². The first-order valence-corrected chi connectivity index (χ1v) is 4.79. The third kappa shape index (κ3) is 0.881. The Morgan fingerprint density at radius 2 is 2.09 bits per heavy atom. The number of Topliss-reactive ketones (excluding diaryl/α,β-unsaturated/α-hetero) is 1. The van der Waals surface area contributed by atoms with E-state index in [1.165, 1.54) is 0 Å². The number of ketones is 1. The Hall–Kier alpha value is 0.540. The smallest absolute Gasteiger partial charge is 0.138 e. The SMILES string of the molecule is O=C1CCC2C1C(Cl)C2(Cl)Cl. The van der Waals surface area contributed by atoms with Gasteiger partial charge in [-0.25, -0.2) is 0 Å². The number of hydrogen-bond donors (Lipinski definition) is 0. The number of carbonyl (C=O) groups is 1. The molecule has 0 aliphatic heterocycles. The molecule has 2 fully saturated rings. The van der Waals surface area contributed by atoms with Crippen molar-refractivity contribution in [1.82, 2.24) is 0 Å². The van der Waals surface area contributed by atoms with E-state index in [1.807, 2.05) is 0 Å². The summed E-state index contributed by atoms with van der Waals surface area (Å²) in [5.41, 5.74) is 0. The number of fused-ring (bicyclic) bond motifs is 1. The molecule has 0 saturated heterocycles. The van der Waals surface area contributed by atoms with Crippen LogP contribution in [0, 0.1) is 11.8 Å². The van der Waals surface area contributed by atoms with Gasteiger partial charge in [-0.1, -0.05) is 23.2 Å². The molecule has 62 valence electrons. The van der Waals surface area contributed by atoms with E-state index in [4.69, 9.17) is 34.8 Å². The van der Waals surface area contributed by atoms with Gasteiger partial charge in [-0.3, -0.25) is 4.79 Å². The van der Waals surface area contributed by atoms with Crippen LogP contribution in [-0.4, -0.2) is 15.5 Å². The van der Waals surface area contributed by atoms with E-state index in [1.54, 1.807) is 0 Å². The van der Waals surface area contributed by atoms with E-state index in [9.17, 15) is 4.79 Å². The molecule has 0 aromatic rings. The molecule has 3 unspecified atom stereocenters. The van der Waals surface area contributed by atoms with Crippen LogP contribution in [0.3, 0.4) is 0 Å². The first kappa shape index (κ1) is 8.15. The van der Waals surface area contributed by atoms with Crippen molar-refractivity contribution in [3.05, 3.63) is 0 Å². The van der Waals surface area contributed by atoms with Crippen molar-refractivity contribution in [3.8, 4) is 0 Å². The minimum atomic E-state index is -0.849. The maximum atomic E-state index is 11.1. The van der Waals surface area contributed by atoms with Crippen LogP contribution in [0.2, 0.25) is 0 Å². The van der Waals surface area contributed by atoms with Gasteiger partial charge in [-0.2, -0.15) is 0 Å². The summed E-state index contributed by atoms with van der Waals surface area (Å²) >= 11 is 17.7. The summed E-state index contributed by atoms with van der Waals surface area (Å²) in [7, 11) is 0. The van der Waals surface area contributed by atoms with Gasteiger partial charge < -0.3 is 0 Å². The fraction of sp³-hybridized carbons (Fsp3) is 0.857. The molecule has 1 nitrogen and oxygen atoms in total. The predicted molar refractivity (Wildman–Crippen MR) is 45.3 cm³/mol. The topological polar surface area (TPSA) is 17.1 Å². The number of alkyl halides is 3. The van der Waals surface area contributed by atoms with Crippen molar-refractivity contribution in [2.75, 3.05) is 0 Å². The lowest BCUT2D eigenvalue weighted by molar-refractivity contribution is -0.123. The van der Waals surface area contributed by atoms with Gasteiger partial charge in [0.15, 0.2) is 0 Å².